The Morgan fingerprint density at radius 2 is 1.96 bits per heavy atom. The van der Waals surface area contributed by atoms with Crippen molar-refractivity contribution in [3.63, 3.8) is 0 Å². The van der Waals surface area contributed by atoms with Crippen molar-refractivity contribution in [2.75, 3.05) is 67.3 Å². The normalized spacial score (nSPS) is 22.3. The average Bonchev–Trinajstić information content (AvgIpc) is 3.03. The number of methoxy groups -OCH3 is 3. The maximum Gasteiger partial charge on any atom is 0.253 e. The van der Waals surface area contributed by atoms with Crippen LogP contribution in [-0.4, -0.2) is 83.0 Å². The summed E-state index contributed by atoms with van der Waals surface area (Å²) in [6.45, 7) is 6.24. The summed E-state index contributed by atoms with van der Waals surface area (Å²) < 4.78 is 16.0. The maximum atomic E-state index is 12.9. The van der Waals surface area contributed by atoms with Crippen molar-refractivity contribution in [1.82, 2.24) is 9.80 Å². The van der Waals surface area contributed by atoms with E-state index in [0.717, 1.165) is 64.5 Å². The van der Waals surface area contributed by atoms with Crippen LogP contribution in [0.25, 0.3) is 0 Å². The van der Waals surface area contributed by atoms with Crippen molar-refractivity contribution in [2.24, 2.45) is 11.3 Å². The van der Waals surface area contributed by atoms with Gasteiger partial charge in [-0.25, -0.2) is 0 Å². The number of benzene rings is 1. The summed E-state index contributed by atoms with van der Waals surface area (Å²) in [5.41, 5.74) is 0.946. The number of rotatable bonds is 7. The highest BCUT2D eigenvalue weighted by molar-refractivity contribution is 5.94. The Bertz CT molecular complexity index is 628. The first-order chi connectivity index (χ1) is 13.1. The Hall–Kier alpha value is -1.63. The molecule has 2 aliphatic heterocycles. The van der Waals surface area contributed by atoms with Crippen LogP contribution >= 0.6 is 0 Å². The predicted octanol–water partition coefficient (Wildman–Crippen LogP) is 2.14. The van der Waals surface area contributed by atoms with Gasteiger partial charge in [0.05, 0.1) is 20.3 Å². The van der Waals surface area contributed by atoms with Crippen molar-refractivity contribution in [3.8, 4) is 5.75 Å². The molecule has 6 nitrogen and oxygen atoms in total. The van der Waals surface area contributed by atoms with Crippen molar-refractivity contribution in [3.05, 3.63) is 29.8 Å². The smallest absolute Gasteiger partial charge is 0.253 e. The number of carbonyl (C=O) groups excluding carboxylic acids is 1. The average molecular weight is 376 g/mol. The topological polar surface area (TPSA) is 51.2 Å². The number of likely N-dealkylation sites (tertiary alicyclic amines) is 2. The van der Waals surface area contributed by atoms with Crippen molar-refractivity contribution < 1.29 is 19.0 Å². The molecule has 0 N–H and O–H groups in total. The molecular formula is C21H32N2O4. The highest BCUT2D eigenvalue weighted by Gasteiger charge is 2.48. The summed E-state index contributed by atoms with van der Waals surface area (Å²) in [4.78, 5) is 17.4. The first-order valence-corrected chi connectivity index (χ1v) is 9.75. The SMILES string of the molecule is COCCN1CC(COC)C2(CCN(C(=O)c3cccc(OC)c3)CC2)C1. The monoisotopic (exact) mass is 376 g/mol. The van der Waals surface area contributed by atoms with Gasteiger partial charge in [0.2, 0.25) is 0 Å². The van der Waals surface area contributed by atoms with Crippen LogP contribution in [0.15, 0.2) is 24.3 Å². The second-order valence-electron chi connectivity index (χ2n) is 7.77. The molecule has 0 saturated carbocycles. The molecule has 2 aliphatic rings. The van der Waals surface area contributed by atoms with E-state index in [2.05, 4.69) is 4.90 Å². The van der Waals surface area contributed by atoms with Gasteiger partial charge in [-0.1, -0.05) is 6.07 Å². The zero-order chi connectivity index (χ0) is 19.3. The lowest BCUT2D eigenvalue weighted by atomic mass is 9.71. The predicted molar refractivity (Wildman–Crippen MR) is 104 cm³/mol. The molecule has 1 aromatic rings. The fourth-order valence-electron chi connectivity index (χ4n) is 4.63. The quantitative estimate of drug-likeness (QED) is 0.730. The van der Waals surface area contributed by atoms with Gasteiger partial charge in [-0.3, -0.25) is 4.79 Å². The minimum absolute atomic E-state index is 0.0984. The van der Waals surface area contributed by atoms with Crippen LogP contribution in [0.3, 0.4) is 0 Å². The molecule has 3 rings (SSSR count). The number of piperidine rings is 1. The summed E-state index contributed by atoms with van der Waals surface area (Å²) in [6, 6.07) is 7.43. The summed E-state index contributed by atoms with van der Waals surface area (Å²) in [5, 5.41) is 0. The van der Waals surface area contributed by atoms with Gasteiger partial charge in [-0.2, -0.15) is 0 Å². The standard InChI is InChI=1S/C21H32N2O4/c1-25-12-11-22-14-18(15-26-2)21(16-22)7-9-23(10-8-21)20(24)17-5-4-6-19(13-17)27-3/h4-6,13,18H,7-12,14-16H2,1-3H3. The van der Waals surface area contributed by atoms with Crippen LogP contribution in [0, 0.1) is 11.3 Å². The number of nitrogens with zero attached hydrogens (tertiary/aromatic N) is 2. The van der Waals surface area contributed by atoms with E-state index in [0.29, 0.717) is 11.5 Å². The summed E-state index contributed by atoms with van der Waals surface area (Å²) in [5.74, 6) is 1.34. The molecule has 2 fully saturated rings. The third-order valence-corrected chi connectivity index (χ3v) is 6.23. The van der Waals surface area contributed by atoms with Crippen molar-refractivity contribution >= 4 is 5.91 Å². The first kappa shape index (κ1) is 20.1. The van der Waals surface area contributed by atoms with E-state index in [1.165, 1.54) is 0 Å². The van der Waals surface area contributed by atoms with Crippen LogP contribution in [-0.2, 0) is 9.47 Å². The molecule has 0 aliphatic carbocycles. The molecule has 1 amide bonds. The van der Waals surface area contributed by atoms with Crippen molar-refractivity contribution in [1.29, 1.82) is 0 Å². The first-order valence-electron chi connectivity index (χ1n) is 9.75. The summed E-state index contributed by atoms with van der Waals surface area (Å²) >= 11 is 0. The fraction of sp³-hybridized carbons (Fsp3) is 0.667. The van der Waals surface area contributed by atoms with Gasteiger partial charge in [-0.05, 0) is 36.5 Å². The van der Waals surface area contributed by atoms with Gasteiger partial charge < -0.3 is 24.0 Å². The van der Waals surface area contributed by atoms with Gasteiger partial charge in [0.15, 0.2) is 0 Å². The largest absolute Gasteiger partial charge is 0.497 e. The molecule has 2 saturated heterocycles. The van der Waals surface area contributed by atoms with Gasteiger partial charge in [0.25, 0.3) is 5.91 Å². The Morgan fingerprint density at radius 1 is 1.19 bits per heavy atom. The molecule has 150 valence electrons. The van der Waals surface area contributed by atoms with E-state index in [4.69, 9.17) is 14.2 Å². The summed E-state index contributed by atoms with van der Waals surface area (Å²) in [7, 11) is 5.16. The van der Waals surface area contributed by atoms with Gasteiger partial charge >= 0.3 is 0 Å². The molecular weight excluding hydrogens is 344 g/mol. The molecule has 1 atom stereocenters. The zero-order valence-corrected chi connectivity index (χ0v) is 16.8. The number of amides is 1. The van der Waals surface area contributed by atoms with Crippen molar-refractivity contribution in [2.45, 2.75) is 12.8 Å². The molecule has 2 heterocycles. The van der Waals surface area contributed by atoms with Crippen LogP contribution in [0.4, 0.5) is 0 Å². The molecule has 0 bridgehead atoms. The third kappa shape index (κ3) is 4.45. The van der Waals surface area contributed by atoms with E-state index >= 15 is 0 Å². The van der Waals surface area contributed by atoms with Gasteiger partial charge in [0.1, 0.15) is 5.75 Å². The molecule has 1 spiro atoms. The lowest BCUT2D eigenvalue weighted by Gasteiger charge is -2.42. The van der Waals surface area contributed by atoms with Crippen LogP contribution in [0.1, 0.15) is 23.2 Å². The van der Waals surface area contributed by atoms with Gasteiger partial charge in [-0.15, -0.1) is 0 Å². The van der Waals surface area contributed by atoms with Crippen LogP contribution < -0.4 is 4.74 Å². The second-order valence-corrected chi connectivity index (χ2v) is 7.77. The minimum atomic E-state index is 0.0984. The summed E-state index contributed by atoms with van der Waals surface area (Å²) in [6.07, 6.45) is 2.06. The number of hydrogen-bond acceptors (Lipinski definition) is 5. The number of hydrogen-bond donors (Lipinski definition) is 0. The Kier molecular flexibility index (Phi) is 6.73. The van der Waals surface area contributed by atoms with E-state index in [-0.39, 0.29) is 11.3 Å². The zero-order valence-electron chi connectivity index (χ0n) is 16.8. The second kappa shape index (κ2) is 9.04. The lowest BCUT2D eigenvalue weighted by Crippen LogP contribution is -2.47. The van der Waals surface area contributed by atoms with E-state index < -0.39 is 0 Å². The molecule has 0 radical (unpaired) electrons. The molecule has 1 unspecified atom stereocenters. The molecule has 0 aromatic heterocycles. The van der Waals surface area contributed by atoms with E-state index in [9.17, 15) is 4.79 Å². The van der Waals surface area contributed by atoms with E-state index in [1.54, 1.807) is 21.3 Å². The Labute approximate surface area is 162 Å². The number of ether oxygens (including phenoxy) is 3. The Balaban J connectivity index is 1.64. The van der Waals surface area contributed by atoms with Crippen LogP contribution in [0.5, 0.6) is 5.75 Å². The maximum absolute atomic E-state index is 12.9. The highest BCUT2D eigenvalue weighted by atomic mass is 16.5. The molecule has 27 heavy (non-hydrogen) atoms. The fourth-order valence-corrected chi connectivity index (χ4v) is 4.63. The molecule has 6 heteroatoms. The molecule has 1 aromatic carbocycles. The van der Waals surface area contributed by atoms with Crippen LogP contribution in [0.2, 0.25) is 0 Å². The minimum Gasteiger partial charge on any atom is -0.497 e. The highest BCUT2D eigenvalue weighted by Crippen LogP contribution is 2.45. The van der Waals surface area contributed by atoms with E-state index in [1.807, 2.05) is 29.2 Å². The lowest BCUT2D eigenvalue weighted by molar-refractivity contribution is 0.0321. The third-order valence-electron chi connectivity index (χ3n) is 6.23. The van der Waals surface area contributed by atoms with Gasteiger partial charge in [0, 0.05) is 58.4 Å². The Morgan fingerprint density at radius 3 is 2.63 bits per heavy atom. The number of carbonyl (C=O) groups is 1.